The SMILES string of the molecule is CC(C)c1ccc(N2C(=O)[C]c3ccc(C#N)cc32)cc1. The molecule has 0 fully saturated rings. The molecule has 1 aliphatic rings. The Morgan fingerprint density at radius 3 is 2.48 bits per heavy atom. The van der Waals surface area contributed by atoms with Crippen LogP contribution in [-0.2, 0) is 4.79 Å². The molecule has 2 aromatic carbocycles. The van der Waals surface area contributed by atoms with E-state index in [-0.39, 0.29) is 5.91 Å². The summed E-state index contributed by atoms with van der Waals surface area (Å²) in [5.74, 6) is 0.251. The summed E-state index contributed by atoms with van der Waals surface area (Å²) in [4.78, 5) is 13.8. The zero-order chi connectivity index (χ0) is 15.0. The van der Waals surface area contributed by atoms with Crippen molar-refractivity contribution in [3.63, 3.8) is 0 Å². The number of hydrogen-bond acceptors (Lipinski definition) is 2. The molecule has 3 heteroatoms. The smallest absolute Gasteiger partial charge is 0.245 e. The molecule has 0 unspecified atom stereocenters. The van der Waals surface area contributed by atoms with E-state index in [4.69, 9.17) is 5.26 Å². The highest BCUT2D eigenvalue weighted by molar-refractivity contribution is 6.13. The molecular weight excluding hydrogens is 260 g/mol. The molecule has 2 radical (unpaired) electrons. The highest BCUT2D eigenvalue weighted by atomic mass is 16.2. The van der Waals surface area contributed by atoms with Crippen molar-refractivity contribution < 1.29 is 4.79 Å². The van der Waals surface area contributed by atoms with E-state index in [2.05, 4.69) is 26.3 Å². The average molecular weight is 274 g/mol. The number of amides is 1. The number of fused-ring (bicyclic) bond motifs is 1. The van der Waals surface area contributed by atoms with E-state index in [0.717, 1.165) is 16.9 Å². The van der Waals surface area contributed by atoms with Crippen molar-refractivity contribution in [2.24, 2.45) is 0 Å². The second-order valence-electron chi connectivity index (χ2n) is 5.36. The third-order valence-corrected chi connectivity index (χ3v) is 3.63. The van der Waals surface area contributed by atoms with Gasteiger partial charge in [-0.2, -0.15) is 5.26 Å². The molecule has 0 saturated heterocycles. The van der Waals surface area contributed by atoms with Crippen LogP contribution in [0.1, 0.15) is 36.5 Å². The standard InChI is InChI=1S/C18H14N2O/c1-12(2)14-5-7-16(8-6-14)20-17-9-13(11-19)3-4-15(17)10-18(20)21/h3-9,12H,1-2H3. The molecule has 0 spiro atoms. The summed E-state index contributed by atoms with van der Waals surface area (Å²) in [6.07, 6.45) is 2.81. The first-order valence-corrected chi connectivity index (χ1v) is 6.85. The molecule has 3 rings (SSSR count). The summed E-state index contributed by atoms with van der Waals surface area (Å²) < 4.78 is 0. The Morgan fingerprint density at radius 2 is 1.86 bits per heavy atom. The number of benzene rings is 2. The molecule has 1 aliphatic heterocycles. The lowest BCUT2D eigenvalue weighted by atomic mass is 10.0. The van der Waals surface area contributed by atoms with E-state index < -0.39 is 0 Å². The van der Waals surface area contributed by atoms with Gasteiger partial charge in [0.1, 0.15) is 6.42 Å². The van der Waals surface area contributed by atoms with Gasteiger partial charge in [0.15, 0.2) is 0 Å². The third-order valence-electron chi connectivity index (χ3n) is 3.63. The Hall–Kier alpha value is -2.60. The summed E-state index contributed by atoms with van der Waals surface area (Å²) in [7, 11) is 0. The molecule has 0 bridgehead atoms. The van der Waals surface area contributed by atoms with Crippen molar-refractivity contribution in [1.29, 1.82) is 5.26 Å². The summed E-state index contributed by atoms with van der Waals surface area (Å²) in [5.41, 5.74) is 4.01. The molecule has 0 aromatic heterocycles. The fourth-order valence-corrected chi connectivity index (χ4v) is 2.44. The predicted molar refractivity (Wildman–Crippen MR) is 81.2 cm³/mol. The maximum atomic E-state index is 12.2. The minimum Gasteiger partial charge on any atom is -0.280 e. The molecule has 0 aliphatic carbocycles. The number of carbonyl (C=O) groups excluding carboxylic acids is 1. The Kier molecular flexibility index (Phi) is 3.23. The number of rotatable bonds is 2. The molecule has 102 valence electrons. The minimum atomic E-state index is -0.197. The fraction of sp³-hybridized carbons (Fsp3) is 0.167. The summed E-state index contributed by atoms with van der Waals surface area (Å²) in [6, 6.07) is 15.2. The predicted octanol–water partition coefficient (Wildman–Crippen LogP) is 3.79. The Balaban J connectivity index is 2.04. The van der Waals surface area contributed by atoms with Gasteiger partial charge >= 0.3 is 0 Å². The van der Waals surface area contributed by atoms with E-state index in [9.17, 15) is 4.79 Å². The normalized spacial score (nSPS) is 13.4. The second-order valence-corrected chi connectivity index (χ2v) is 5.36. The van der Waals surface area contributed by atoms with Crippen molar-refractivity contribution in [2.45, 2.75) is 19.8 Å². The number of hydrogen-bond donors (Lipinski definition) is 0. The first-order chi connectivity index (χ1) is 10.1. The first-order valence-electron chi connectivity index (χ1n) is 6.85. The number of anilines is 2. The topological polar surface area (TPSA) is 44.1 Å². The van der Waals surface area contributed by atoms with Gasteiger partial charge in [0.25, 0.3) is 0 Å². The van der Waals surface area contributed by atoms with Crippen LogP contribution in [0, 0.1) is 17.8 Å². The lowest BCUT2D eigenvalue weighted by Crippen LogP contribution is -2.20. The van der Waals surface area contributed by atoms with E-state index >= 15 is 0 Å². The number of nitriles is 1. The van der Waals surface area contributed by atoms with Crippen LogP contribution in [0.3, 0.4) is 0 Å². The van der Waals surface area contributed by atoms with Crippen molar-refractivity contribution in [2.75, 3.05) is 4.90 Å². The van der Waals surface area contributed by atoms with Gasteiger partial charge in [-0.1, -0.05) is 32.0 Å². The van der Waals surface area contributed by atoms with Crippen LogP contribution >= 0.6 is 0 Å². The molecule has 0 saturated carbocycles. The van der Waals surface area contributed by atoms with Gasteiger partial charge in [-0.25, -0.2) is 0 Å². The zero-order valence-electron chi connectivity index (χ0n) is 11.9. The number of nitrogens with zero attached hydrogens (tertiary/aromatic N) is 2. The van der Waals surface area contributed by atoms with Crippen LogP contribution in [0.25, 0.3) is 0 Å². The van der Waals surface area contributed by atoms with Gasteiger partial charge in [0.05, 0.1) is 17.3 Å². The minimum absolute atomic E-state index is 0.197. The summed E-state index contributed by atoms with van der Waals surface area (Å²) in [5, 5.41) is 9.02. The van der Waals surface area contributed by atoms with Crippen molar-refractivity contribution in [3.8, 4) is 6.07 Å². The molecule has 0 N–H and O–H groups in total. The Labute approximate surface area is 124 Å². The quantitative estimate of drug-likeness (QED) is 0.836. The molecule has 1 heterocycles. The van der Waals surface area contributed by atoms with E-state index in [0.29, 0.717) is 11.5 Å². The molecule has 1 amide bonds. The maximum Gasteiger partial charge on any atom is 0.245 e. The largest absolute Gasteiger partial charge is 0.280 e. The Morgan fingerprint density at radius 1 is 1.14 bits per heavy atom. The van der Waals surface area contributed by atoms with E-state index in [1.807, 2.05) is 24.3 Å². The van der Waals surface area contributed by atoms with Gasteiger partial charge in [0, 0.05) is 5.69 Å². The molecule has 21 heavy (non-hydrogen) atoms. The summed E-state index contributed by atoms with van der Waals surface area (Å²) in [6.45, 7) is 4.26. The molecule has 2 aromatic rings. The fourth-order valence-electron chi connectivity index (χ4n) is 2.44. The van der Waals surface area contributed by atoms with E-state index in [1.54, 1.807) is 23.1 Å². The van der Waals surface area contributed by atoms with Crippen molar-refractivity contribution in [3.05, 3.63) is 65.6 Å². The maximum absolute atomic E-state index is 12.2. The Bertz CT molecular complexity index is 739. The van der Waals surface area contributed by atoms with Gasteiger partial charge in [0.2, 0.25) is 5.91 Å². The monoisotopic (exact) mass is 274 g/mol. The van der Waals surface area contributed by atoms with Gasteiger partial charge in [-0.3, -0.25) is 9.69 Å². The number of carbonyl (C=O) groups is 1. The van der Waals surface area contributed by atoms with Gasteiger partial charge in [-0.05, 0) is 41.3 Å². The van der Waals surface area contributed by atoms with Crippen LogP contribution in [0.2, 0.25) is 0 Å². The first kappa shape index (κ1) is 13.4. The van der Waals surface area contributed by atoms with Crippen LogP contribution in [0.15, 0.2) is 42.5 Å². The zero-order valence-corrected chi connectivity index (χ0v) is 11.9. The third kappa shape index (κ3) is 2.30. The van der Waals surface area contributed by atoms with Crippen LogP contribution in [-0.4, -0.2) is 5.91 Å². The average Bonchev–Trinajstić information content (AvgIpc) is 2.82. The van der Waals surface area contributed by atoms with Gasteiger partial charge < -0.3 is 0 Å². The molecular formula is C18H14N2O. The lowest BCUT2D eigenvalue weighted by Gasteiger charge is -2.18. The lowest BCUT2D eigenvalue weighted by molar-refractivity contribution is -0.114. The highest BCUT2D eigenvalue weighted by Crippen LogP contribution is 2.37. The molecule has 0 atom stereocenters. The van der Waals surface area contributed by atoms with Gasteiger partial charge in [-0.15, -0.1) is 0 Å². The second kappa shape index (κ2) is 5.06. The molecule has 3 nitrogen and oxygen atoms in total. The van der Waals surface area contributed by atoms with Crippen molar-refractivity contribution in [1.82, 2.24) is 0 Å². The van der Waals surface area contributed by atoms with E-state index in [1.165, 1.54) is 5.56 Å². The van der Waals surface area contributed by atoms with Crippen molar-refractivity contribution >= 4 is 17.3 Å². The van der Waals surface area contributed by atoms with Crippen LogP contribution in [0.4, 0.5) is 11.4 Å². The van der Waals surface area contributed by atoms with Crippen LogP contribution < -0.4 is 4.90 Å². The highest BCUT2D eigenvalue weighted by Gasteiger charge is 2.29. The summed E-state index contributed by atoms with van der Waals surface area (Å²) >= 11 is 0. The van der Waals surface area contributed by atoms with Crippen LogP contribution in [0.5, 0.6) is 0 Å².